The lowest BCUT2D eigenvalue weighted by molar-refractivity contribution is 0.626. The van der Waals surface area contributed by atoms with E-state index >= 15 is 0 Å². The summed E-state index contributed by atoms with van der Waals surface area (Å²) in [5, 5.41) is 0. The van der Waals surface area contributed by atoms with Gasteiger partial charge in [0.1, 0.15) is 5.82 Å². The van der Waals surface area contributed by atoms with Gasteiger partial charge in [0.05, 0.1) is 0 Å². The van der Waals surface area contributed by atoms with Crippen LogP contribution in [0.3, 0.4) is 0 Å². The number of nitrogens with two attached hydrogens (primary N) is 1. The highest BCUT2D eigenvalue weighted by Crippen LogP contribution is 2.31. The molecule has 0 amide bonds. The molecule has 2 rings (SSSR count). The van der Waals surface area contributed by atoms with Crippen LogP contribution in [0.5, 0.6) is 0 Å². The molecule has 16 heavy (non-hydrogen) atoms. The van der Waals surface area contributed by atoms with Crippen LogP contribution < -0.4 is 5.73 Å². The topological polar surface area (TPSA) is 26.0 Å². The van der Waals surface area contributed by atoms with Crippen LogP contribution in [-0.4, -0.2) is 0 Å². The number of benzene rings is 2. The van der Waals surface area contributed by atoms with E-state index in [1.807, 2.05) is 25.1 Å². The van der Waals surface area contributed by atoms with Gasteiger partial charge in [0, 0.05) is 15.5 Å². The van der Waals surface area contributed by atoms with Crippen LogP contribution in [-0.2, 0) is 0 Å². The van der Waals surface area contributed by atoms with Crippen molar-refractivity contribution in [1.82, 2.24) is 0 Å². The summed E-state index contributed by atoms with van der Waals surface area (Å²) in [7, 11) is 0. The molecule has 0 aliphatic heterocycles. The first-order chi connectivity index (χ1) is 7.65. The van der Waals surface area contributed by atoms with Gasteiger partial charge in [0.25, 0.3) is 0 Å². The summed E-state index contributed by atoms with van der Waals surface area (Å²) in [5.41, 5.74) is 7.58. The van der Waals surface area contributed by atoms with E-state index in [9.17, 15) is 4.39 Å². The molecule has 0 spiro atoms. The maximum absolute atomic E-state index is 12.7. The van der Waals surface area contributed by atoms with E-state index in [2.05, 4.69) is 0 Å². The van der Waals surface area contributed by atoms with E-state index in [4.69, 9.17) is 5.73 Å². The first-order valence-electron chi connectivity index (χ1n) is 4.95. The van der Waals surface area contributed by atoms with Gasteiger partial charge in [-0.3, -0.25) is 0 Å². The summed E-state index contributed by atoms with van der Waals surface area (Å²) in [6, 6.07) is 12.3. The Morgan fingerprint density at radius 3 is 2.38 bits per heavy atom. The molecular weight excluding hydrogens is 221 g/mol. The van der Waals surface area contributed by atoms with Gasteiger partial charge >= 0.3 is 0 Å². The largest absolute Gasteiger partial charge is 0.399 e. The molecular formula is C13H12FNS. The van der Waals surface area contributed by atoms with Crippen LogP contribution in [0, 0.1) is 12.7 Å². The van der Waals surface area contributed by atoms with E-state index < -0.39 is 0 Å². The molecule has 0 saturated carbocycles. The zero-order valence-corrected chi connectivity index (χ0v) is 9.72. The normalized spacial score (nSPS) is 10.4. The van der Waals surface area contributed by atoms with E-state index in [1.165, 1.54) is 12.1 Å². The van der Waals surface area contributed by atoms with Crippen molar-refractivity contribution in [3.8, 4) is 0 Å². The molecule has 0 aliphatic carbocycles. The standard InChI is InChI=1S/C13H12FNS/c1-9-8-11(15)4-7-13(9)16-12-5-2-10(14)3-6-12/h2-8H,15H2,1H3. The van der Waals surface area contributed by atoms with Crippen molar-refractivity contribution in [2.45, 2.75) is 16.7 Å². The van der Waals surface area contributed by atoms with Crippen LogP contribution in [0.2, 0.25) is 0 Å². The van der Waals surface area contributed by atoms with E-state index in [-0.39, 0.29) is 5.82 Å². The van der Waals surface area contributed by atoms with Crippen molar-refractivity contribution >= 4 is 17.4 Å². The molecule has 0 heterocycles. The number of nitrogen functional groups attached to an aromatic ring is 1. The van der Waals surface area contributed by atoms with Crippen LogP contribution in [0.1, 0.15) is 5.56 Å². The fourth-order valence-corrected chi connectivity index (χ4v) is 2.30. The molecule has 3 heteroatoms. The highest BCUT2D eigenvalue weighted by molar-refractivity contribution is 7.99. The van der Waals surface area contributed by atoms with E-state index in [0.29, 0.717) is 0 Å². The summed E-state index contributed by atoms with van der Waals surface area (Å²) in [4.78, 5) is 2.16. The van der Waals surface area contributed by atoms with Crippen LogP contribution in [0.15, 0.2) is 52.3 Å². The minimum atomic E-state index is -0.210. The van der Waals surface area contributed by atoms with Gasteiger partial charge in [-0.25, -0.2) is 4.39 Å². The summed E-state index contributed by atoms with van der Waals surface area (Å²) < 4.78 is 12.7. The average Bonchev–Trinajstić information content (AvgIpc) is 2.25. The first kappa shape index (κ1) is 11.0. The maximum atomic E-state index is 12.7. The van der Waals surface area contributed by atoms with Crippen molar-refractivity contribution in [2.75, 3.05) is 5.73 Å². The second kappa shape index (κ2) is 4.58. The van der Waals surface area contributed by atoms with Crippen molar-refractivity contribution in [3.05, 3.63) is 53.8 Å². The average molecular weight is 233 g/mol. The van der Waals surface area contributed by atoms with Crippen molar-refractivity contribution in [3.63, 3.8) is 0 Å². The number of aryl methyl sites for hydroxylation is 1. The number of hydrogen-bond donors (Lipinski definition) is 1. The summed E-state index contributed by atoms with van der Waals surface area (Å²) in [6.07, 6.45) is 0. The zero-order chi connectivity index (χ0) is 11.5. The smallest absolute Gasteiger partial charge is 0.123 e. The molecule has 0 atom stereocenters. The SMILES string of the molecule is Cc1cc(N)ccc1Sc1ccc(F)cc1. The minimum absolute atomic E-state index is 0.210. The third kappa shape index (κ3) is 2.55. The van der Waals surface area contributed by atoms with Gasteiger partial charge in [-0.15, -0.1) is 0 Å². The van der Waals surface area contributed by atoms with Crippen molar-refractivity contribution in [2.24, 2.45) is 0 Å². The molecule has 0 fully saturated rings. The molecule has 0 aromatic heterocycles. The van der Waals surface area contributed by atoms with Gasteiger partial charge in [-0.2, -0.15) is 0 Å². The molecule has 1 nitrogen and oxygen atoms in total. The van der Waals surface area contributed by atoms with Crippen LogP contribution >= 0.6 is 11.8 Å². The van der Waals surface area contributed by atoms with Gasteiger partial charge in [0.15, 0.2) is 0 Å². The monoisotopic (exact) mass is 233 g/mol. The lowest BCUT2D eigenvalue weighted by Crippen LogP contribution is -1.87. The Hall–Kier alpha value is -1.48. The predicted molar refractivity (Wildman–Crippen MR) is 66.1 cm³/mol. The van der Waals surface area contributed by atoms with Gasteiger partial charge in [-0.1, -0.05) is 11.8 Å². The number of halogens is 1. The van der Waals surface area contributed by atoms with E-state index in [0.717, 1.165) is 21.0 Å². The molecule has 2 aromatic carbocycles. The molecule has 2 N–H and O–H groups in total. The summed E-state index contributed by atoms with van der Waals surface area (Å²) in [5.74, 6) is -0.210. The highest BCUT2D eigenvalue weighted by Gasteiger charge is 2.01. The van der Waals surface area contributed by atoms with Gasteiger partial charge in [0.2, 0.25) is 0 Å². The number of hydrogen-bond acceptors (Lipinski definition) is 2. The second-order valence-corrected chi connectivity index (χ2v) is 4.70. The first-order valence-corrected chi connectivity index (χ1v) is 5.76. The Kier molecular flexibility index (Phi) is 3.15. The van der Waals surface area contributed by atoms with Crippen LogP contribution in [0.4, 0.5) is 10.1 Å². The minimum Gasteiger partial charge on any atom is -0.399 e. The Bertz CT molecular complexity index is 494. The second-order valence-electron chi connectivity index (χ2n) is 3.58. The van der Waals surface area contributed by atoms with Crippen molar-refractivity contribution in [1.29, 1.82) is 0 Å². The lowest BCUT2D eigenvalue weighted by Gasteiger charge is -2.06. The summed E-state index contributed by atoms with van der Waals surface area (Å²) >= 11 is 1.61. The van der Waals surface area contributed by atoms with Crippen molar-refractivity contribution < 1.29 is 4.39 Å². The Labute approximate surface area is 98.5 Å². The zero-order valence-electron chi connectivity index (χ0n) is 8.91. The fraction of sp³-hybridized carbons (Fsp3) is 0.0769. The molecule has 0 unspecified atom stereocenters. The van der Waals surface area contributed by atoms with Gasteiger partial charge < -0.3 is 5.73 Å². The molecule has 0 bridgehead atoms. The third-order valence-electron chi connectivity index (χ3n) is 2.24. The lowest BCUT2D eigenvalue weighted by atomic mass is 10.2. The van der Waals surface area contributed by atoms with Crippen LogP contribution in [0.25, 0.3) is 0 Å². The van der Waals surface area contributed by atoms with E-state index in [1.54, 1.807) is 23.9 Å². The Morgan fingerprint density at radius 1 is 1.06 bits per heavy atom. The quantitative estimate of drug-likeness (QED) is 0.797. The molecule has 0 aliphatic rings. The number of rotatable bonds is 2. The third-order valence-corrected chi connectivity index (χ3v) is 3.43. The predicted octanol–water partition coefficient (Wildman–Crippen LogP) is 3.87. The fourth-order valence-electron chi connectivity index (χ4n) is 1.42. The Morgan fingerprint density at radius 2 is 1.75 bits per heavy atom. The maximum Gasteiger partial charge on any atom is 0.123 e. The molecule has 82 valence electrons. The summed E-state index contributed by atoms with van der Waals surface area (Å²) in [6.45, 7) is 2.02. The van der Waals surface area contributed by atoms with Gasteiger partial charge in [-0.05, 0) is 55.0 Å². The highest BCUT2D eigenvalue weighted by atomic mass is 32.2. The molecule has 0 radical (unpaired) electrons. The number of anilines is 1. The molecule has 0 saturated heterocycles. The Balaban J connectivity index is 2.23. The molecule has 2 aromatic rings.